The molecule has 0 spiro atoms. The Morgan fingerprint density at radius 3 is 1.90 bits per heavy atom. The molecule has 0 fully saturated rings. The lowest BCUT2D eigenvalue weighted by molar-refractivity contribution is -0.0998. The normalized spacial score (nSPS) is 15.6. The van der Waals surface area contributed by atoms with E-state index in [4.69, 9.17) is 48.7 Å². The van der Waals surface area contributed by atoms with Gasteiger partial charge >= 0.3 is 0 Å². The van der Waals surface area contributed by atoms with Crippen molar-refractivity contribution in [2.24, 2.45) is 0 Å². The van der Waals surface area contributed by atoms with Gasteiger partial charge in [-0.25, -0.2) is 0 Å². The number of aliphatic hydroxyl groups is 2. The van der Waals surface area contributed by atoms with Crippen molar-refractivity contribution in [1.29, 1.82) is 0 Å². The molecule has 9 heteroatoms. The average Bonchev–Trinajstić information content (AvgIpc) is 2.35. The highest BCUT2D eigenvalue weighted by Crippen LogP contribution is 2.26. The Morgan fingerprint density at radius 1 is 1.00 bits per heavy atom. The largest absolute Gasteiger partial charge is 0.497 e. The van der Waals surface area contributed by atoms with Crippen LogP contribution in [0.1, 0.15) is 5.56 Å². The third-order valence-corrected chi connectivity index (χ3v) is 2.84. The molecule has 94 valence electrons. The smallest absolute Gasteiger partial charge is 0.118 e. The van der Waals surface area contributed by atoms with Gasteiger partial charge in [-0.3, -0.25) is 0 Å². The first-order valence-electron chi connectivity index (χ1n) is 5.67. The topological polar surface area (TPSA) is 58.9 Å². The van der Waals surface area contributed by atoms with E-state index >= 15 is 0 Å². The van der Waals surface area contributed by atoms with E-state index in [-0.39, 0.29) is 6.61 Å². The maximum Gasteiger partial charge on any atom is 0.118 e. The van der Waals surface area contributed by atoms with E-state index in [2.05, 4.69) is 0 Å². The molecule has 0 bridgehead atoms. The van der Waals surface area contributed by atoms with Gasteiger partial charge in [0, 0.05) is 16.3 Å². The Kier molecular flexibility index (Phi) is 5.11. The fraction of sp³-hybridized carbons (Fsp3) is 0.455. The van der Waals surface area contributed by atoms with Gasteiger partial charge in [0.05, 0.1) is 13.7 Å². The summed E-state index contributed by atoms with van der Waals surface area (Å²) < 4.78 is 10.1. The van der Waals surface area contributed by atoms with Crippen LogP contribution in [0.3, 0.4) is 0 Å². The number of hydrogen-bond donors (Lipinski definition) is 2. The Labute approximate surface area is 125 Å². The van der Waals surface area contributed by atoms with Crippen molar-refractivity contribution < 1.29 is 19.7 Å². The van der Waals surface area contributed by atoms with Crippen LogP contribution < -0.4 is 4.74 Å². The van der Waals surface area contributed by atoms with Crippen LogP contribution in [0.4, 0.5) is 0 Å². The third kappa shape index (κ3) is 3.65. The molecule has 4 nitrogen and oxygen atoms in total. The summed E-state index contributed by atoms with van der Waals surface area (Å²) in [7, 11) is 28.1. The zero-order chi connectivity index (χ0) is 15.6. The van der Waals surface area contributed by atoms with E-state index < -0.39 is 16.3 Å². The van der Waals surface area contributed by atoms with Gasteiger partial charge in [-0.2, -0.15) is 0 Å². The van der Waals surface area contributed by atoms with Crippen LogP contribution in [0.15, 0.2) is 24.3 Å². The van der Waals surface area contributed by atoms with Crippen LogP contribution in [-0.4, -0.2) is 72.9 Å². The van der Waals surface area contributed by atoms with Gasteiger partial charge in [-0.05, 0) is 17.7 Å². The fourth-order valence-corrected chi connectivity index (χ4v) is 1.35. The number of benzene rings is 1. The van der Waals surface area contributed by atoms with E-state index in [1.807, 2.05) is 0 Å². The monoisotopic (exact) mass is 262 g/mol. The summed E-state index contributed by atoms with van der Waals surface area (Å²) in [6.45, 7) is -0.0907. The number of methoxy groups -OCH3 is 1. The van der Waals surface area contributed by atoms with E-state index in [1.165, 1.54) is 7.11 Å². The second-order valence-electron chi connectivity index (χ2n) is 4.52. The van der Waals surface area contributed by atoms with Crippen molar-refractivity contribution in [3.05, 3.63) is 29.8 Å². The van der Waals surface area contributed by atoms with Gasteiger partial charge in [0.15, 0.2) is 0 Å². The van der Waals surface area contributed by atoms with Crippen molar-refractivity contribution in [1.82, 2.24) is 0 Å². The molecule has 0 saturated carbocycles. The number of hydrogen-bond acceptors (Lipinski definition) is 4. The lowest BCUT2D eigenvalue weighted by Gasteiger charge is -2.50. The summed E-state index contributed by atoms with van der Waals surface area (Å²) in [5.41, 5.74) is -2.09. The molecule has 1 aromatic rings. The first kappa shape index (κ1) is 17.3. The zero-order valence-corrected chi connectivity index (χ0v) is 11.1. The van der Waals surface area contributed by atoms with E-state index in [1.54, 1.807) is 24.3 Å². The SMILES string of the molecule is [B]C([B])(O)C([B])(O)C([B])([B])OCc1ccc(OC)cc1. The quantitative estimate of drug-likeness (QED) is 0.584. The van der Waals surface area contributed by atoms with Gasteiger partial charge in [0.2, 0.25) is 0 Å². The molecular weight excluding hydrogens is 250 g/mol. The van der Waals surface area contributed by atoms with Crippen LogP contribution >= 0.6 is 0 Å². The van der Waals surface area contributed by atoms with Gasteiger partial charge in [0.1, 0.15) is 45.0 Å². The van der Waals surface area contributed by atoms with Crippen LogP contribution in [0, 0.1) is 0 Å². The van der Waals surface area contributed by atoms with Crippen LogP contribution in [-0.2, 0) is 11.3 Å². The fourth-order valence-electron chi connectivity index (χ4n) is 1.35. The van der Waals surface area contributed by atoms with Gasteiger partial charge in [-0.15, -0.1) is 0 Å². The van der Waals surface area contributed by atoms with Crippen LogP contribution in [0.5, 0.6) is 5.75 Å². The van der Waals surface area contributed by atoms with Crippen LogP contribution in [0.2, 0.25) is 0 Å². The lowest BCUT2D eigenvalue weighted by Crippen LogP contribution is -2.71. The maximum atomic E-state index is 9.82. The van der Waals surface area contributed by atoms with Crippen molar-refractivity contribution in [2.45, 2.75) is 22.9 Å². The minimum absolute atomic E-state index is 0.0907. The van der Waals surface area contributed by atoms with Gasteiger partial charge in [-0.1, -0.05) is 12.1 Å². The Hall–Kier alpha value is -0.775. The molecule has 0 amide bonds. The van der Waals surface area contributed by atoms with Crippen LogP contribution in [0.25, 0.3) is 0 Å². The lowest BCUT2D eigenvalue weighted by atomic mass is 9.37. The van der Waals surface area contributed by atoms with Crippen molar-refractivity contribution in [2.75, 3.05) is 7.11 Å². The van der Waals surface area contributed by atoms with Gasteiger partial charge < -0.3 is 19.7 Å². The molecule has 0 aromatic heterocycles. The summed E-state index contributed by atoms with van der Waals surface area (Å²) in [5.74, 6) is 0.661. The minimum atomic E-state index is -2.77. The minimum Gasteiger partial charge on any atom is -0.497 e. The second kappa shape index (κ2) is 5.92. The molecule has 2 N–H and O–H groups in total. The first-order chi connectivity index (χ1) is 9.01. The molecule has 10 radical (unpaired) electrons. The first-order valence-corrected chi connectivity index (χ1v) is 5.67. The number of rotatable bonds is 6. The third-order valence-electron chi connectivity index (χ3n) is 2.84. The molecule has 20 heavy (non-hydrogen) atoms. The molecule has 1 rings (SSSR count). The molecule has 1 atom stereocenters. The number of ether oxygens (including phenoxy) is 2. The predicted molar refractivity (Wildman–Crippen MR) is 79.2 cm³/mol. The highest BCUT2D eigenvalue weighted by atomic mass is 16.5. The van der Waals surface area contributed by atoms with E-state index in [0.29, 0.717) is 11.3 Å². The van der Waals surface area contributed by atoms with E-state index in [0.717, 1.165) is 0 Å². The molecule has 0 aliphatic rings. The van der Waals surface area contributed by atoms with Gasteiger partial charge in [0.25, 0.3) is 0 Å². The molecule has 0 aliphatic heterocycles. The summed E-state index contributed by atoms with van der Waals surface area (Å²) in [6.07, 6.45) is 0. The Balaban J connectivity index is 2.76. The second-order valence-corrected chi connectivity index (χ2v) is 4.52. The molecule has 0 saturated heterocycles. The predicted octanol–water partition coefficient (Wildman–Crippen LogP) is -1.96. The Morgan fingerprint density at radius 2 is 1.50 bits per heavy atom. The van der Waals surface area contributed by atoms with Crippen molar-refractivity contribution in [3.63, 3.8) is 0 Å². The highest BCUT2D eigenvalue weighted by Gasteiger charge is 2.47. The summed E-state index contributed by atoms with van der Waals surface area (Å²) in [5, 5.41) is 14.1. The Bertz CT molecular complexity index is 441. The standard InChI is InChI=1S/C11H11B5O4/c1-19-8-4-2-7(3-5-8)6-20-11(15,16)9(12,17)10(13,14)18/h2-5,17-18H,6H2,1H3. The summed E-state index contributed by atoms with van der Waals surface area (Å²) in [4.78, 5) is 0. The summed E-state index contributed by atoms with van der Waals surface area (Å²) >= 11 is 0. The van der Waals surface area contributed by atoms with Crippen molar-refractivity contribution in [3.8, 4) is 5.75 Å². The molecule has 0 heterocycles. The molecule has 0 aliphatic carbocycles. The molecular formula is C11H11B5O4. The van der Waals surface area contributed by atoms with Crippen molar-refractivity contribution >= 4 is 39.2 Å². The maximum absolute atomic E-state index is 9.82. The highest BCUT2D eigenvalue weighted by molar-refractivity contribution is 6.50. The zero-order valence-electron chi connectivity index (χ0n) is 11.1. The van der Waals surface area contributed by atoms with E-state index in [9.17, 15) is 10.2 Å². The summed E-state index contributed by atoms with van der Waals surface area (Å²) in [6, 6.07) is 6.79. The molecule has 1 unspecified atom stereocenters. The molecule has 1 aromatic carbocycles. The average molecular weight is 261 g/mol.